The van der Waals surface area contributed by atoms with Gasteiger partial charge in [-0.05, 0) is 49.7 Å². The van der Waals surface area contributed by atoms with Crippen molar-refractivity contribution in [1.29, 1.82) is 5.26 Å². The summed E-state index contributed by atoms with van der Waals surface area (Å²) in [6.07, 6.45) is -0.721. The van der Waals surface area contributed by atoms with Gasteiger partial charge in [0.1, 0.15) is 5.75 Å². The van der Waals surface area contributed by atoms with E-state index in [0.717, 1.165) is 5.56 Å². The number of nitriles is 1. The molecule has 146 valence electrons. The van der Waals surface area contributed by atoms with Gasteiger partial charge >= 0.3 is 5.97 Å². The second-order valence-electron chi connectivity index (χ2n) is 6.07. The first-order valence-electron chi connectivity index (χ1n) is 8.74. The summed E-state index contributed by atoms with van der Waals surface area (Å²) in [5.74, 6) is -0.555. The number of para-hydroxylation sites is 1. The molecule has 28 heavy (non-hydrogen) atoms. The summed E-state index contributed by atoms with van der Waals surface area (Å²) in [4.78, 5) is 26.1. The zero-order chi connectivity index (χ0) is 20.5. The molecule has 0 saturated carbocycles. The van der Waals surface area contributed by atoms with Gasteiger partial charge in [0.25, 0.3) is 5.91 Å². The molecule has 0 aromatic heterocycles. The normalized spacial score (nSPS) is 11.2. The molecule has 0 saturated heterocycles. The Morgan fingerprint density at radius 3 is 2.57 bits per heavy atom. The molecule has 7 heteroatoms. The van der Waals surface area contributed by atoms with Gasteiger partial charge in [-0.2, -0.15) is 5.26 Å². The number of hydrogen-bond donors (Lipinski definition) is 0. The van der Waals surface area contributed by atoms with Crippen molar-refractivity contribution >= 4 is 29.2 Å². The van der Waals surface area contributed by atoms with Crippen LogP contribution in [0, 0.1) is 18.3 Å². The Kier molecular flexibility index (Phi) is 7.85. The highest BCUT2D eigenvalue weighted by atomic mass is 35.5. The highest BCUT2D eigenvalue weighted by Crippen LogP contribution is 2.23. The Morgan fingerprint density at radius 1 is 1.21 bits per heavy atom. The number of ether oxygens (including phenoxy) is 2. The second kappa shape index (κ2) is 10.3. The summed E-state index contributed by atoms with van der Waals surface area (Å²) in [6.45, 7) is 3.14. The van der Waals surface area contributed by atoms with Gasteiger partial charge < -0.3 is 14.4 Å². The standard InChI is InChI=1S/C21H21ClN2O4/c1-15-13-17(22)9-10-19(15)28-16(2)21(26)27-14-20(25)24(12-6-11-23)18-7-4-3-5-8-18/h3-5,7-10,13,16H,6,12,14H2,1-2H3. The van der Waals surface area contributed by atoms with Crippen LogP contribution < -0.4 is 9.64 Å². The lowest BCUT2D eigenvalue weighted by atomic mass is 10.2. The maximum absolute atomic E-state index is 12.5. The van der Waals surface area contributed by atoms with Crippen molar-refractivity contribution in [1.82, 2.24) is 0 Å². The Labute approximate surface area is 169 Å². The van der Waals surface area contributed by atoms with E-state index in [4.69, 9.17) is 26.3 Å². The van der Waals surface area contributed by atoms with E-state index in [9.17, 15) is 9.59 Å². The number of halogens is 1. The summed E-state index contributed by atoms with van der Waals surface area (Å²) in [6, 6.07) is 16.0. The van der Waals surface area contributed by atoms with Gasteiger partial charge in [-0.25, -0.2) is 4.79 Å². The van der Waals surface area contributed by atoms with E-state index in [1.807, 2.05) is 19.1 Å². The largest absolute Gasteiger partial charge is 0.479 e. The Balaban J connectivity index is 1.95. The number of carbonyl (C=O) groups is 2. The molecular formula is C21H21ClN2O4. The lowest BCUT2D eigenvalue weighted by Gasteiger charge is -2.22. The van der Waals surface area contributed by atoms with Crippen LogP contribution in [0.15, 0.2) is 48.5 Å². The number of rotatable bonds is 8. The van der Waals surface area contributed by atoms with Crippen molar-refractivity contribution < 1.29 is 19.1 Å². The van der Waals surface area contributed by atoms with Gasteiger partial charge in [0.15, 0.2) is 12.7 Å². The van der Waals surface area contributed by atoms with Crippen molar-refractivity contribution in [3.63, 3.8) is 0 Å². The summed E-state index contributed by atoms with van der Waals surface area (Å²) in [5, 5.41) is 9.39. The van der Waals surface area contributed by atoms with Crippen LogP contribution in [0.25, 0.3) is 0 Å². The minimum Gasteiger partial charge on any atom is -0.479 e. The Hall–Kier alpha value is -3.04. The van der Waals surface area contributed by atoms with E-state index < -0.39 is 24.6 Å². The molecule has 0 radical (unpaired) electrons. The summed E-state index contributed by atoms with van der Waals surface area (Å²) >= 11 is 5.91. The fourth-order valence-electron chi connectivity index (χ4n) is 2.48. The molecule has 2 aromatic carbocycles. The molecule has 0 spiro atoms. The fraction of sp³-hybridized carbons (Fsp3) is 0.286. The van der Waals surface area contributed by atoms with Crippen molar-refractivity contribution in [2.45, 2.75) is 26.4 Å². The molecule has 1 unspecified atom stereocenters. The van der Waals surface area contributed by atoms with E-state index in [0.29, 0.717) is 16.5 Å². The second-order valence-corrected chi connectivity index (χ2v) is 6.50. The van der Waals surface area contributed by atoms with E-state index in [-0.39, 0.29) is 13.0 Å². The van der Waals surface area contributed by atoms with Gasteiger partial charge in [-0.15, -0.1) is 0 Å². The quantitative estimate of drug-likeness (QED) is 0.628. The first-order chi connectivity index (χ1) is 13.4. The molecule has 2 rings (SSSR count). The van der Waals surface area contributed by atoms with Crippen molar-refractivity contribution in [2.75, 3.05) is 18.1 Å². The Morgan fingerprint density at radius 2 is 1.93 bits per heavy atom. The van der Waals surface area contributed by atoms with Crippen LogP contribution >= 0.6 is 11.6 Å². The van der Waals surface area contributed by atoms with Crippen molar-refractivity contribution in [3.05, 3.63) is 59.1 Å². The topological polar surface area (TPSA) is 79.6 Å². The number of anilines is 1. The lowest BCUT2D eigenvalue weighted by molar-refractivity contribution is -0.154. The molecule has 0 aliphatic heterocycles. The molecule has 0 fully saturated rings. The van der Waals surface area contributed by atoms with Gasteiger partial charge in [-0.3, -0.25) is 4.79 Å². The molecule has 0 N–H and O–H groups in total. The van der Waals surface area contributed by atoms with Gasteiger partial charge in [0.2, 0.25) is 0 Å². The number of aryl methyl sites for hydroxylation is 1. The molecule has 0 aliphatic rings. The van der Waals surface area contributed by atoms with Crippen molar-refractivity contribution in [3.8, 4) is 11.8 Å². The minimum absolute atomic E-state index is 0.171. The maximum Gasteiger partial charge on any atom is 0.347 e. The molecule has 0 bridgehead atoms. The highest BCUT2D eigenvalue weighted by Gasteiger charge is 2.21. The number of benzene rings is 2. The average molecular weight is 401 g/mol. The number of amides is 1. The van der Waals surface area contributed by atoms with Crippen LogP contribution in [-0.4, -0.2) is 31.1 Å². The average Bonchev–Trinajstić information content (AvgIpc) is 2.69. The van der Waals surface area contributed by atoms with E-state index in [1.54, 1.807) is 49.4 Å². The van der Waals surface area contributed by atoms with Gasteiger partial charge in [0.05, 0.1) is 12.5 Å². The van der Waals surface area contributed by atoms with E-state index in [1.165, 1.54) is 4.90 Å². The number of hydrogen-bond acceptors (Lipinski definition) is 5. The summed E-state index contributed by atoms with van der Waals surface area (Å²) < 4.78 is 10.7. The number of nitrogens with zero attached hydrogens (tertiary/aromatic N) is 2. The molecule has 1 atom stereocenters. The number of carbonyl (C=O) groups excluding carboxylic acids is 2. The molecule has 0 aliphatic carbocycles. The smallest absolute Gasteiger partial charge is 0.347 e. The van der Waals surface area contributed by atoms with Gasteiger partial charge in [0, 0.05) is 17.3 Å². The summed E-state index contributed by atoms with van der Waals surface area (Å²) in [5.41, 5.74) is 1.43. The predicted octanol–water partition coefficient (Wildman–Crippen LogP) is 3.91. The molecule has 0 heterocycles. The highest BCUT2D eigenvalue weighted by molar-refractivity contribution is 6.30. The third-order valence-electron chi connectivity index (χ3n) is 3.93. The minimum atomic E-state index is -0.892. The molecular weight excluding hydrogens is 380 g/mol. The summed E-state index contributed by atoms with van der Waals surface area (Å²) in [7, 11) is 0. The third-order valence-corrected chi connectivity index (χ3v) is 4.16. The van der Waals surface area contributed by atoms with Crippen LogP contribution in [0.2, 0.25) is 5.02 Å². The number of esters is 1. The van der Waals surface area contributed by atoms with Crippen molar-refractivity contribution in [2.24, 2.45) is 0 Å². The van der Waals surface area contributed by atoms with Gasteiger partial charge in [-0.1, -0.05) is 29.8 Å². The maximum atomic E-state index is 12.5. The predicted molar refractivity (Wildman–Crippen MR) is 106 cm³/mol. The molecule has 6 nitrogen and oxygen atoms in total. The van der Waals surface area contributed by atoms with Crippen LogP contribution in [0.3, 0.4) is 0 Å². The zero-order valence-corrected chi connectivity index (χ0v) is 16.5. The first kappa shape index (κ1) is 21.3. The molecule has 2 aromatic rings. The fourth-order valence-corrected chi connectivity index (χ4v) is 2.71. The van der Waals surface area contributed by atoms with E-state index >= 15 is 0 Å². The zero-order valence-electron chi connectivity index (χ0n) is 15.7. The SMILES string of the molecule is Cc1cc(Cl)ccc1OC(C)C(=O)OCC(=O)N(CCC#N)c1ccccc1. The first-order valence-corrected chi connectivity index (χ1v) is 9.12. The Bertz CT molecular complexity index is 864. The van der Waals surface area contributed by atoms with E-state index in [2.05, 4.69) is 0 Å². The lowest BCUT2D eigenvalue weighted by Crippen LogP contribution is -2.37. The third kappa shape index (κ3) is 6.00. The van der Waals surface area contributed by atoms with Crippen LogP contribution in [0.1, 0.15) is 18.9 Å². The van der Waals surface area contributed by atoms with Crippen LogP contribution in [0.5, 0.6) is 5.75 Å². The monoisotopic (exact) mass is 400 g/mol. The van der Waals surface area contributed by atoms with Crippen LogP contribution in [-0.2, 0) is 14.3 Å². The molecule has 1 amide bonds. The van der Waals surface area contributed by atoms with Crippen LogP contribution in [0.4, 0.5) is 5.69 Å².